The summed E-state index contributed by atoms with van der Waals surface area (Å²) in [4.78, 5) is 24.8. The van der Waals surface area contributed by atoms with Crippen molar-refractivity contribution in [3.05, 3.63) is 95.7 Å². The minimum absolute atomic E-state index is 0.0359. The van der Waals surface area contributed by atoms with Gasteiger partial charge in [-0.05, 0) is 36.4 Å². The van der Waals surface area contributed by atoms with E-state index in [0.29, 0.717) is 0 Å². The molecule has 0 amide bonds. The highest BCUT2D eigenvalue weighted by Gasteiger charge is 2.34. The van der Waals surface area contributed by atoms with Crippen LogP contribution in [-0.4, -0.2) is 27.1 Å². The smallest absolute Gasteiger partial charge is 0.331 e. The highest BCUT2D eigenvalue weighted by Crippen LogP contribution is 2.31. The Kier molecular flexibility index (Phi) is 5.98. The lowest BCUT2D eigenvalue weighted by molar-refractivity contribution is -0.145. The Hall–Kier alpha value is -3.60. The average Bonchev–Trinajstić information content (AvgIpc) is 3.11. The Morgan fingerprint density at radius 2 is 1.72 bits per heavy atom. The molecule has 29 heavy (non-hydrogen) atoms. The van der Waals surface area contributed by atoms with Crippen LogP contribution in [0.2, 0.25) is 0 Å². The average molecular weight is 389 g/mol. The number of para-hydroxylation sites is 1. The number of H-pyrrole nitrogens is 1. The number of benzene rings is 2. The Balaban J connectivity index is 0.000000170. The zero-order valence-electron chi connectivity index (χ0n) is 16.1. The summed E-state index contributed by atoms with van der Waals surface area (Å²) >= 11 is 0. The highest BCUT2D eigenvalue weighted by atomic mass is 16.4. The lowest BCUT2D eigenvalue weighted by Crippen LogP contribution is -2.28. The molecule has 4 rings (SSSR count). The molecule has 1 aromatic heterocycles. The minimum Gasteiger partial charge on any atom is -0.481 e. The van der Waals surface area contributed by atoms with E-state index in [2.05, 4.69) is 65.6 Å². The third-order valence-electron chi connectivity index (χ3n) is 4.91. The molecule has 5 nitrogen and oxygen atoms in total. The SMILES string of the molecule is CC1(C(=O)O)C=CC=C(C(=O)O)C1.c1ccc(Cc2cc3ccccc3[nH]2)cc1. The van der Waals surface area contributed by atoms with Crippen LogP contribution in [0.4, 0.5) is 0 Å². The molecule has 3 aromatic rings. The fourth-order valence-corrected chi connectivity index (χ4v) is 3.23. The fraction of sp³-hybridized carbons (Fsp3) is 0.167. The van der Waals surface area contributed by atoms with Gasteiger partial charge in [0.05, 0.1) is 5.41 Å². The van der Waals surface area contributed by atoms with Crippen molar-refractivity contribution >= 4 is 22.8 Å². The predicted molar refractivity (Wildman–Crippen MR) is 113 cm³/mol. The standard InChI is InChI=1S/C15H13N.C9H10O4/c1-2-6-12(7-3-1)10-14-11-13-8-4-5-9-15(13)16-14;1-9(8(12)13)4-2-3-6(5-9)7(10)11/h1-9,11,16H,10H2;2-4H,5H2,1H3,(H,10,11)(H,12,13). The second-order valence-electron chi connectivity index (χ2n) is 7.30. The van der Waals surface area contributed by atoms with E-state index in [0.717, 1.165) is 6.42 Å². The minimum atomic E-state index is -1.08. The van der Waals surface area contributed by atoms with Crippen LogP contribution in [-0.2, 0) is 16.0 Å². The molecule has 0 fully saturated rings. The van der Waals surface area contributed by atoms with E-state index in [1.54, 1.807) is 0 Å². The van der Waals surface area contributed by atoms with Crippen molar-refractivity contribution in [3.8, 4) is 0 Å². The maximum absolute atomic E-state index is 10.8. The molecule has 2 aromatic carbocycles. The molecule has 1 aliphatic carbocycles. The summed E-state index contributed by atoms with van der Waals surface area (Å²) in [5.74, 6) is -2.06. The molecule has 1 unspecified atom stereocenters. The van der Waals surface area contributed by atoms with E-state index in [1.807, 2.05) is 0 Å². The third kappa shape index (κ3) is 5.02. The molecular weight excluding hydrogens is 366 g/mol. The largest absolute Gasteiger partial charge is 0.481 e. The van der Waals surface area contributed by atoms with E-state index in [4.69, 9.17) is 10.2 Å². The van der Waals surface area contributed by atoms with Crippen LogP contribution in [0.25, 0.3) is 10.9 Å². The number of aliphatic carboxylic acids is 2. The van der Waals surface area contributed by atoms with Crippen molar-refractivity contribution in [1.82, 2.24) is 4.98 Å². The Morgan fingerprint density at radius 1 is 1.03 bits per heavy atom. The van der Waals surface area contributed by atoms with Crippen LogP contribution in [0.3, 0.4) is 0 Å². The molecule has 0 spiro atoms. The Morgan fingerprint density at radius 3 is 2.38 bits per heavy atom. The first-order valence-electron chi connectivity index (χ1n) is 9.33. The van der Waals surface area contributed by atoms with Gasteiger partial charge in [-0.25, -0.2) is 4.79 Å². The maximum Gasteiger partial charge on any atom is 0.331 e. The van der Waals surface area contributed by atoms with Crippen LogP contribution in [0.5, 0.6) is 0 Å². The second-order valence-corrected chi connectivity index (χ2v) is 7.30. The van der Waals surface area contributed by atoms with E-state index in [-0.39, 0.29) is 12.0 Å². The molecule has 5 heteroatoms. The Bertz CT molecular complexity index is 1050. The van der Waals surface area contributed by atoms with Crippen LogP contribution in [0.15, 0.2) is 84.5 Å². The van der Waals surface area contributed by atoms with Gasteiger partial charge in [-0.1, -0.05) is 66.8 Å². The van der Waals surface area contributed by atoms with Gasteiger partial charge in [0.1, 0.15) is 0 Å². The molecular formula is C24H23NO4. The number of fused-ring (bicyclic) bond motifs is 1. The lowest BCUT2D eigenvalue weighted by atomic mass is 9.80. The number of aromatic amines is 1. The molecule has 0 saturated heterocycles. The van der Waals surface area contributed by atoms with Gasteiger partial charge in [0.15, 0.2) is 0 Å². The molecule has 0 radical (unpaired) electrons. The number of carboxylic acid groups (broad SMARTS) is 2. The first-order chi connectivity index (χ1) is 13.9. The normalized spacial score (nSPS) is 17.9. The van der Waals surface area contributed by atoms with Crippen molar-refractivity contribution in [2.24, 2.45) is 5.41 Å². The van der Waals surface area contributed by atoms with E-state index >= 15 is 0 Å². The van der Waals surface area contributed by atoms with E-state index in [9.17, 15) is 9.59 Å². The van der Waals surface area contributed by atoms with Gasteiger partial charge in [-0.3, -0.25) is 4.79 Å². The zero-order chi connectivity index (χ0) is 20.9. The van der Waals surface area contributed by atoms with Gasteiger partial charge in [0.2, 0.25) is 0 Å². The number of rotatable bonds is 4. The highest BCUT2D eigenvalue weighted by molar-refractivity contribution is 5.90. The number of carboxylic acids is 2. The summed E-state index contributed by atoms with van der Waals surface area (Å²) in [6, 6.07) is 21.1. The van der Waals surface area contributed by atoms with E-state index in [1.165, 1.54) is 47.3 Å². The number of allylic oxidation sites excluding steroid dienone is 2. The summed E-state index contributed by atoms with van der Waals surface area (Å²) in [7, 11) is 0. The van der Waals surface area contributed by atoms with Crippen LogP contribution >= 0.6 is 0 Å². The Labute approximate surface area is 169 Å². The number of hydrogen-bond acceptors (Lipinski definition) is 2. The zero-order valence-corrected chi connectivity index (χ0v) is 16.1. The van der Waals surface area contributed by atoms with Crippen molar-refractivity contribution in [2.75, 3.05) is 0 Å². The first-order valence-corrected chi connectivity index (χ1v) is 9.33. The number of carbonyl (C=O) groups is 2. The lowest BCUT2D eigenvalue weighted by Gasteiger charge is -2.23. The third-order valence-corrected chi connectivity index (χ3v) is 4.91. The second kappa shape index (κ2) is 8.61. The van der Waals surface area contributed by atoms with Gasteiger partial charge in [-0.15, -0.1) is 0 Å². The molecule has 1 aliphatic rings. The first kappa shape index (κ1) is 20.1. The van der Waals surface area contributed by atoms with Crippen LogP contribution < -0.4 is 0 Å². The summed E-state index contributed by atoms with van der Waals surface area (Å²) in [6.07, 6.45) is 5.40. The molecule has 1 heterocycles. The fourth-order valence-electron chi connectivity index (χ4n) is 3.23. The summed E-state index contributed by atoms with van der Waals surface area (Å²) in [5, 5.41) is 18.8. The van der Waals surface area contributed by atoms with Crippen molar-refractivity contribution in [1.29, 1.82) is 0 Å². The summed E-state index contributed by atoms with van der Waals surface area (Å²) in [5.41, 5.74) is 2.88. The molecule has 1 atom stereocenters. The maximum atomic E-state index is 10.8. The molecule has 148 valence electrons. The van der Waals surface area contributed by atoms with Crippen molar-refractivity contribution < 1.29 is 19.8 Å². The summed E-state index contributed by atoms with van der Waals surface area (Å²) < 4.78 is 0. The van der Waals surface area contributed by atoms with E-state index < -0.39 is 17.4 Å². The van der Waals surface area contributed by atoms with Crippen LogP contribution in [0, 0.1) is 5.41 Å². The van der Waals surface area contributed by atoms with Gasteiger partial charge < -0.3 is 15.2 Å². The van der Waals surface area contributed by atoms with Crippen molar-refractivity contribution in [2.45, 2.75) is 19.8 Å². The number of aromatic nitrogens is 1. The van der Waals surface area contributed by atoms with Gasteiger partial charge in [0.25, 0.3) is 0 Å². The summed E-state index contributed by atoms with van der Waals surface area (Å²) in [6.45, 7) is 1.50. The van der Waals surface area contributed by atoms with Gasteiger partial charge in [0, 0.05) is 23.2 Å². The quantitative estimate of drug-likeness (QED) is 0.597. The van der Waals surface area contributed by atoms with Gasteiger partial charge >= 0.3 is 11.9 Å². The number of nitrogens with one attached hydrogen (secondary N) is 1. The molecule has 0 bridgehead atoms. The monoisotopic (exact) mass is 389 g/mol. The molecule has 0 saturated carbocycles. The van der Waals surface area contributed by atoms with Crippen LogP contribution in [0.1, 0.15) is 24.6 Å². The van der Waals surface area contributed by atoms with Gasteiger partial charge in [-0.2, -0.15) is 0 Å². The predicted octanol–water partition coefficient (Wildman–Crippen LogP) is 4.81. The molecule has 3 N–H and O–H groups in total. The topological polar surface area (TPSA) is 90.4 Å². The van der Waals surface area contributed by atoms with Crippen molar-refractivity contribution in [3.63, 3.8) is 0 Å². The molecule has 0 aliphatic heterocycles. The number of hydrogen-bond donors (Lipinski definition) is 3.